The van der Waals surface area contributed by atoms with Gasteiger partial charge in [-0.2, -0.15) is 19.4 Å². The molecule has 4 aliphatic rings. The van der Waals surface area contributed by atoms with Gasteiger partial charge >= 0.3 is 11.9 Å². The highest BCUT2D eigenvalue weighted by molar-refractivity contribution is 7.90. The van der Waals surface area contributed by atoms with E-state index in [1.165, 1.54) is 22.8 Å². The maximum Gasteiger partial charge on any atom is 0.501 e. The van der Waals surface area contributed by atoms with Crippen LogP contribution in [0.2, 0.25) is 0 Å². The van der Waals surface area contributed by atoms with E-state index in [9.17, 15) is 22.4 Å². The largest absolute Gasteiger partial charge is 0.501 e. The highest BCUT2D eigenvalue weighted by atomic mass is 32.2. The first-order valence-corrected chi connectivity index (χ1v) is 12.8. The summed E-state index contributed by atoms with van der Waals surface area (Å²) in [6, 6.07) is -0.491. The fourth-order valence-electron chi connectivity index (χ4n) is 4.50. The quantitative estimate of drug-likeness (QED) is 0.537. The minimum atomic E-state index is -3.97. The Labute approximate surface area is 196 Å². The SMILES string of the molecule is Cn1cc(CN2C(=O)C3=CC(S(=O)(=O)NC4(CF)CC4)C=CC3=[N+](CC3CCCO3)C2=O)cn1. The van der Waals surface area contributed by atoms with Crippen LogP contribution in [0.1, 0.15) is 31.2 Å². The van der Waals surface area contributed by atoms with Crippen LogP contribution >= 0.6 is 0 Å². The van der Waals surface area contributed by atoms with Crippen molar-refractivity contribution in [2.24, 2.45) is 7.05 Å². The molecule has 3 amide bonds. The van der Waals surface area contributed by atoms with Gasteiger partial charge in [-0.3, -0.25) is 4.68 Å². The minimum absolute atomic E-state index is 0.00247. The standard InChI is InChI=1S/C22H27FN5O5S/c1-26-11-15(10-24-26)12-28-20(29)18-9-17(34(31,32)25-22(14-23)6-7-22)4-5-19(18)27(21(28)30)13-16-3-2-8-33-16/h4-5,9-11,16-17,25H,2-3,6-8,12-14H2,1H3/q+1. The van der Waals surface area contributed by atoms with Crippen LogP contribution in [0.25, 0.3) is 0 Å². The van der Waals surface area contributed by atoms with Crippen LogP contribution < -0.4 is 4.72 Å². The van der Waals surface area contributed by atoms with Gasteiger partial charge in [0.2, 0.25) is 10.0 Å². The Balaban J connectivity index is 1.50. The van der Waals surface area contributed by atoms with Gasteiger partial charge in [-0.1, -0.05) is 6.08 Å². The molecule has 2 atom stereocenters. The highest BCUT2D eigenvalue weighted by Gasteiger charge is 2.50. The molecule has 34 heavy (non-hydrogen) atoms. The van der Waals surface area contributed by atoms with Gasteiger partial charge < -0.3 is 4.74 Å². The van der Waals surface area contributed by atoms with E-state index in [2.05, 4.69) is 9.82 Å². The molecule has 3 heterocycles. The predicted molar refractivity (Wildman–Crippen MR) is 119 cm³/mol. The number of halogens is 1. The number of carbonyl (C=O) groups excluding carboxylic acids is 2. The summed E-state index contributed by atoms with van der Waals surface area (Å²) in [6.07, 6.45) is 9.95. The Bertz CT molecular complexity index is 1220. The molecular weight excluding hydrogens is 465 g/mol. The van der Waals surface area contributed by atoms with Crippen LogP contribution in [0, 0.1) is 0 Å². The van der Waals surface area contributed by atoms with Crippen molar-refractivity contribution in [3.8, 4) is 0 Å². The number of hydrogen-bond donors (Lipinski definition) is 1. The topological polar surface area (TPSA) is 114 Å². The molecule has 0 spiro atoms. The number of fused-ring (bicyclic) bond motifs is 1. The van der Waals surface area contributed by atoms with E-state index >= 15 is 0 Å². The molecule has 10 nitrogen and oxygen atoms in total. The molecule has 0 radical (unpaired) electrons. The first-order chi connectivity index (χ1) is 16.2. The Morgan fingerprint density at radius 1 is 1.35 bits per heavy atom. The molecule has 2 aliphatic heterocycles. The molecule has 1 saturated carbocycles. The summed E-state index contributed by atoms with van der Waals surface area (Å²) < 4.78 is 50.5. The lowest BCUT2D eigenvalue weighted by Crippen LogP contribution is -2.53. The zero-order valence-corrected chi connectivity index (χ0v) is 19.6. The predicted octanol–water partition coefficient (Wildman–Crippen LogP) is 0.801. The van der Waals surface area contributed by atoms with Crippen LogP contribution in [-0.4, -0.2) is 82.0 Å². The summed E-state index contributed by atoms with van der Waals surface area (Å²) in [5, 5.41) is 2.94. The second kappa shape index (κ2) is 8.51. The van der Waals surface area contributed by atoms with E-state index in [-0.39, 0.29) is 24.8 Å². The Hall–Kier alpha value is -2.70. The number of sulfonamides is 1. The van der Waals surface area contributed by atoms with Gasteiger partial charge in [-0.25, -0.2) is 22.3 Å². The number of carbonyl (C=O) groups is 2. The molecule has 182 valence electrons. The molecule has 1 aromatic rings. The number of rotatable bonds is 8. The summed E-state index contributed by atoms with van der Waals surface area (Å²) >= 11 is 0. The average molecular weight is 493 g/mol. The third-order valence-electron chi connectivity index (χ3n) is 6.61. The molecule has 5 rings (SSSR count). The number of ether oxygens (including phenoxy) is 1. The number of allylic oxidation sites excluding steroid dienone is 1. The molecule has 2 aliphatic carbocycles. The van der Waals surface area contributed by atoms with Crippen LogP contribution in [0.5, 0.6) is 0 Å². The molecule has 1 aromatic heterocycles. The fraction of sp³-hybridized carbons (Fsp3) is 0.545. The zero-order chi connectivity index (χ0) is 24.1. The Kier molecular flexibility index (Phi) is 5.77. The van der Waals surface area contributed by atoms with Crippen LogP contribution in [0.4, 0.5) is 9.18 Å². The Morgan fingerprint density at radius 3 is 2.76 bits per heavy atom. The van der Waals surface area contributed by atoms with Crippen molar-refractivity contribution in [3.05, 3.63) is 41.8 Å². The second-order valence-electron chi connectivity index (χ2n) is 9.29. The smallest absolute Gasteiger partial charge is 0.374 e. The van der Waals surface area contributed by atoms with Crippen molar-refractivity contribution in [2.45, 2.75) is 49.1 Å². The molecule has 1 saturated heterocycles. The summed E-state index contributed by atoms with van der Waals surface area (Å²) in [6.45, 7) is 0.0924. The maximum atomic E-state index is 13.4. The van der Waals surface area contributed by atoms with E-state index in [0.717, 1.165) is 17.7 Å². The van der Waals surface area contributed by atoms with Gasteiger partial charge in [0.15, 0.2) is 0 Å². The van der Waals surface area contributed by atoms with Gasteiger partial charge in [-0.15, -0.1) is 0 Å². The lowest BCUT2D eigenvalue weighted by Gasteiger charge is -2.27. The van der Waals surface area contributed by atoms with E-state index < -0.39 is 39.4 Å². The van der Waals surface area contributed by atoms with Crippen molar-refractivity contribution < 1.29 is 31.7 Å². The van der Waals surface area contributed by atoms with Crippen LogP contribution in [-0.2, 0) is 33.1 Å². The monoisotopic (exact) mass is 492 g/mol. The van der Waals surface area contributed by atoms with E-state index in [4.69, 9.17) is 4.74 Å². The molecule has 0 aromatic carbocycles. The number of hydrogen-bond acceptors (Lipinski definition) is 6. The third kappa shape index (κ3) is 4.25. The molecular formula is C22H27FN5O5S+. The van der Waals surface area contributed by atoms with Crippen molar-refractivity contribution >= 4 is 27.7 Å². The second-order valence-corrected chi connectivity index (χ2v) is 11.1. The van der Waals surface area contributed by atoms with Gasteiger partial charge in [-0.05, 0) is 37.8 Å². The molecule has 2 unspecified atom stereocenters. The lowest BCUT2D eigenvalue weighted by molar-refractivity contribution is -0.448. The molecule has 12 heteroatoms. The number of amides is 3. The first kappa shape index (κ1) is 23.1. The van der Waals surface area contributed by atoms with Gasteiger partial charge in [0.25, 0.3) is 0 Å². The number of imide groups is 1. The average Bonchev–Trinajstić information content (AvgIpc) is 3.17. The van der Waals surface area contributed by atoms with Gasteiger partial charge in [0.05, 0.1) is 17.8 Å². The summed E-state index contributed by atoms with van der Waals surface area (Å²) in [7, 11) is -2.23. The van der Waals surface area contributed by atoms with Crippen molar-refractivity contribution in [1.29, 1.82) is 0 Å². The number of urea groups is 1. The first-order valence-electron chi connectivity index (χ1n) is 11.3. The summed E-state index contributed by atoms with van der Waals surface area (Å²) in [5.41, 5.74) is 0.108. The molecule has 1 N–H and O–H groups in total. The van der Waals surface area contributed by atoms with Crippen LogP contribution in [0.15, 0.2) is 36.2 Å². The number of aromatic nitrogens is 2. The number of alkyl halides is 1. The summed E-state index contributed by atoms with van der Waals surface area (Å²) in [5.74, 6) is -0.580. The lowest BCUT2D eigenvalue weighted by atomic mass is 9.99. The van der Waals surface area contributed by atoms with Crippen molar-refractivity contribution in [3.63, 3.8) is 0 Å². The zero-order valence-electron chi connectivity index (χ0n) is 18.8. The highest BCUT2D eigenvalue weighted by Crippen LogP contribution is 2.37. The number of aryl methyl sites for hydroxylation is 1. The van der Waals surface area contributed by atoms with Gasteiger partial charge in [0.1, 0.15) is 36.3 Å². The van der Waals surface area contributed by atoms with E-state index in [1.54, 1.807) is 24.1 Å². The number of nitrogens with zero attached hydrogens (tertiary/aromatic N) is 4. The van der Waals surface area contributed by atoms with Crippen molar-refractivity contribution in [1.82, 2.24) is 19.4 Å². The fourth-order valence-corrected chi connectivity index (χ4v) is 6.10. The number of nitrogens with one attached hydrogen (secondary N) is 1. The van der Waals surface area contributed by atoms with Crippen LogP contribution in [0.3, 0.4) is 0 Å². The van der Waals surface area contributed by atoms with E-state index in [1.807, 2.05) is 0 Å². The van der Waals surface area contributed by atoms with Crippen molar-refractivity contribution in [2.75, 3.05) is 19.8 Å². The van der Waals surface area contributed by atoms with Gasteiger partial charge in [0, 0.05) is 25.4 Å². The summed E-state index contributed by atoms with van der Waals surface area (Å²) in [4.78, 5) is 27.9. The molecule has 2 fully saturated rings. The van der Waals surface area contributed by atoms with E-state index in [0.29, 0.717) is 30.7 Å². The normalized spacial score (nSPS) is 26.2. The Morgan fingerprint density at radius 2 is 2.15 bits per heavy atom. The maximum absolute atomic E-state index is 13.4. The molecule has 0 bridgehead atoms. The third-order valence-corrected chi connectivity index (χ3v) is 8.34. The minimum Gasteiger partial charge on any atom is -0.374 e.